The highest BCUT2D eigenvalue weighted by Crippen LogP contribution is 2.33. The second kappa shape index (κ2) is 6.06. The second-order valence-electron chi connectivity index (χ2n) is 4.69. The Morgan fingerprint density at radius 2 is 1.80 bits per heavy atom. The van der Waals surface area contributed by atoms with E-state index in [4.69, 9.17) is 16.3 Å². The third kappa shape index (κ3) is 2.99. The van der Waals surface area contributed by atoms with Gasteiger partial charge in [-0.1, -0.05) is 11.6 Å². The smallest absolute Gasteiger partial charge is 0.120 e. The van der Waals surface area contributed by atoms with Gasteiger partial charge in [-0.3, -0.25) is 0 Å². The highest BCUT2D eigenvalue weighted by Gasteiger charge is 2.16. The van der Waals surface area contributed by atoms with Gasteiger partial charge >= 0.3 is 0 Å². The van der Waals surface area contributed by atoms with E-state index in [1.807, 2.05) is 38.2 Å². The number of anilines is 1. The number of hydrogen-bond donors (Lipinski definition) is 1. The zero-order chi connectivity index (χ0) is 14.7. The van der Waals surface area contributed by atoms with Gasteiger partial charge in [-0.05, 0) is 49.4 Å². The van der Waals surface area contributed by atoms with Gasteiger partial charge < -0.3 is 14.7 Å². The summed E-state index contributed by atoms with van der Waals surface area (Å²) in [6.07, 6.45) is 0. The van der Waals surface area contributed by atoms with Crippen LogP contribution < -0.4 is 9.64 Å². The molecule has 1 unspecified atom stereocenters. The molecule has 3 nitrogen and oxygen atoms in total. The van der Waals surface area contributed by atoms with Crippen molar-refractivity contribution in [2.45, 2.75) is 13.0 Å². The highest BCUT2D eigenvalue weighted by molar-refractivity contribution is 6.30. The minimum Gasteiger partial charge on any atom is -0.508 e. The van der Waals surface area contributed by atoms with Crippen molar-refractivity contribution in [2.75, 3.05) is 19.1 Å². The predicted molar refractivity (Wildman–Crippen MR) is 82.9 cm³/mol. The first-order chi connectivity index (χ1) is 9.52. The Morgan fingerprint density at radius 3 is 2.40 bits per heavy atom. The molecular weight excluding hydrogens is 274 g/mol. The van der Waals surface area contributed by atoms with E-state index in [1.165, 1.54) is 0 Å². The molecule has 0 bridgehead atoms. The Kier molecular flexibility index (Phi) is 4.40. The van der Waals surface area contributed by atoms with E-state index in [0.29, 0.717) is 5.02 Å². The monoisotopic (exact) mass is 291 g/mol. The van der Waals surface area contributed by atoms with Gasteiger partial charge in [0.25, 0.3) is 0 Å². The van der Waals surface area contributed by atoms with Gasteiger partial charge in [0.05, 0.1) is 13.2 Å². The van der Waals surface area contributed by atoms with Gasteiger partial charge in [0.2, 0.25) is 0 Å². The number of rotatable bonds is 4. The molecule has 1 atom stereocenters. The van der Waals surface area contributed by atoms with E-state index in [2.05, 4.69) is 4.90 Å². The Labute approximate surface area is 124 Å². The molecule has 0 amide bonds. The normalized spacial score (nSPS) is 12.0. The molecule has 0 spiro atoms. The fraction of sp³-hybridized carbons (Fsp3) is 0.250. The lowest BCUT2D eigenvalue weighted by Crippen LogP contribution is -2.21. The molecule has 4 heteroatoms. The largest absolute Gasteiger partial charge is 0.508 e. The summed E-state index contributed by atoms with van der Waals surface area (Å²) in [5, 5.41) is 10.6. The molecule has 0 aliphatic heterocycles. The summed E-state index contributed by atoms with van der Waals surface area (Å²) in [5.41, 5.74) is 1.84. The van der Waals surface area contributed by atoms with Crippen LogP contribution in [0.25, 0.3) is 0 Å². The van der Waals surface area contributed by atoms with Crippen LogP contribution in [0.2, 0.25) is 5.02 Å². The summed E-state index contributed by atoms with van der Waals surface area (Å²) in [6.45, 7) is 2.02. The van der Waals surface area contributed by atoms with Gasteiger partial charge in [-0.25, -0.2) is 0 Å². The molecule has 2 aromatic rings. The Hall–Kier alpha value is -1.87. The topological polar surface area (TPSA) is 32.7 Å². The number of nitrogens with zero attached hydrogens (tertiary/aromatic N) is 1. The third-order valence-corrected chi connectivity index (χ3v) is 3.74. The first-order valence-electron chi connectivity index (χ1n) is 6.38. The summed E-state index contributed by atoms with van der Waals surface area (Å²) in [7, 11) is 3.62. The second-order valence-corrected chi connectivity index (χ2v) is 5.12. The van der Waals surface area contributed by atoms with Crippen molar-refractivity contribution in [3.05, 3.63) is 53.1 Å². The van der Waals surface area contributed by atoms with Gasteiger partial charge in [-0.15, -0.1) is 0 Å². The molecule has 2 rings (SSSR count). The van der Waals surface area contributed by atoms with Gasteiger partial charge in [0.15, 0.2) is 0 Å². The van der Waals surface area contributed by atoms with Gasteiger partial charge in [0, 0.05) is 23.3 Å². The van der Waals surface area contributed by atoms with E-state index in [0.717, 1.165) is 17.0 Å². The number of halogens is 1. The molecule has 0 radical (unpaired) electrons. The van der Waals surface area contributed by atoms with Crippen LogP contribution in [-0.4, -0.2) is 19.3 Å². The number of ether oxygens (including phenoxy) is 1. The van der Waals surface area contributed by atoms with Crippen LogP contribution in [0.1, 0.15) is 18.5 Å². The van der Waals surface area contributed by atoms with Crippen molar-refractivity contribution < 1.29 is 9.84 Å². The van der Waals surface area contributed by atoms with E-state index in [-0.39, 0.29) is 11.8 Å². The number of phenolic OH excluding ortho intramolecular Hbond substituents is 1. The van der Waals surface area contributed by atoms with Crippen LogP contribution in [0.3, 0.4) is 0 Å². The molecule has 0 aliphatic carbocycles. The standard InChI is InChI=1S/C16H18ClNO2/c1-11(15-10-12(17)4-9-16(15)19)18(2)13-5-7-14(20-3)8-6-13/h4-11,19H,1-3H3. The zero-order valence-corrected chi connectivity index (χ0v) is 12.6. The Balaban J connectivity index is 2.26. The van der Waals surface area contributed by atoms with Crippen LogP contribution in [0.4, 0.5) is 5.69 Å². The first-order valence-corrected chi connectivity index (χ1v) is 6.76. The minimum absolute atomic E-state index is 0.00194. The lowest BCUT2D eigenvalue weighted by Gasteiger charge is -2.28. The molecule has 2 aromatic carbocycles. The predicted octanol–water partition coefficient (Wildman–Crippen LogP) is 4.25. The lowest BCUT2D eigenvalue weighted by molar-refractivity contribution is 0.415. The number of methoxy groups -OCH3 is 1. The fourth-order valence-electron chi connectivity index (χ4n) is 2.11. The maximum Gasteiger partial charge on any atom is 0.120 e. The first kappa shape index (κ1) is 14.5. The Morgan fingerprint density at radius 1 is 1.15 bits per heavy atom. The number of phenols is 1. The molecule has 20 heavy (non-hydrogen) atoms. The van der Waals surface area contributed by atoms with Crippen LogP contribution in [-0.2, 0) is 0 Å². The van der Waals surface area contributed by atoms with E-state index >= 15 is 0 Å². The maximum atomic E-state index is 9.98. The van der Waals surface area contributed by atoms with Crippen LogP contribution in [0, 0.1) is 0 Å². The van der Waals surface area contributed by atoms with Crippen LogP contribution >= 0.6 is 11.6 Å². The zero-order valence-electron chi connectivity index (χ0n) is 11.8. The van der Waals surface area contributed by atoms with Gasteiger partial charge in [-0.2, -0.15) is 0 Å². The molecule has 0 aromatic heterocycles. The number of aromatic hydroxyl groups is 1. The quantitative estimate of drug-likeness (QED) is 0.914. The van der Waals surface area contributed by atoms with E-state index < -0.39 is 0 Å². The van der Waals surface area contributed by atoms with Crippen LogP contribution in [0.5, 0.6) is 11.5 Å². The Bertz CT molecular complexity index is 584. The molecule has 0 heterocycles. The summed E-state index contributed by atoms with van der Waals surface area (Å²) < 4.78 is 5.15. The summed E-state index contributed by atoms with van der Waals surface area (Å²) in [6, 6.07) is 12.9. The third-order valence-electron chi connectivity index (χ3n) is 3.50. The summed E-state index contributed by atoms with van der Waals surface area (Å²) >= 11 is 6.01. The molecular formula is C16H18ClNO2. The average molecular weight is 292 g/mol. The number of hydrogen-bond acceptors (Lipinski definition) is 3. The van der Waals surface area contributed by atoms with Crippen molar-refractivity contribution in [3.63, 3.8) is 0 Å². The fourth-order valence-corrected chi connectivity index (χ4v) is 2.29. The van der Waals surface area contributed by atoms with E-state index in [9.17, 15) is 5.11 Å². The lowest BCUT2D eigenvalue weighted by atomic mass is 10.1. The maximum absolute atomic E-state index is 9.98. The van der Waals surface area contributed by atoms with Crippen molar-refractivity contribution >= 4 is 17.3 Å². The van der Waals surface area contributed by atoms with Crippen molar-refractivity contribution in [1.82, 2.24) is 0 Å². The van der Waals surface area contributed by atoms with E-state index in [1.54, 1.807) is 25.3 Å². The van der Waals surface area contributed by atoms with Crippen LogP contribution in [0.15, 0.2) is 42.5 Å². The minimum atomic E-state index is 0.00194. The molecule has 106 valence electrons. The van der Waals surface area contributed by atoms with Crippen molar-refractivity contribution in [2.24, 2.45) is 0 Å². The van der Waals surface area contributed by atoms with Crippen molar-refractivity contribution in [1.29, 1.82) is 0 Å². The molecule has 0 aliphatic rings. The molecule has 0 saturated heterocycles. The summed E-state index contributed by atoms with van der Waals surface area (Å²) in [4.78, 5) is 2.07. The summed E-state index contributed by atoms with van der Waals surface area (Å²) in [5.74, 6) is 1.07. The SMILES string of the molecule is COc1ccc(N(C)C(C)c2cc(Cl)ccc2O)cc1. The van der Waals surface area contributed by atoms with Gasteiger partial charge in [0.1, 0.15) is 11.5 Å². The van der Waals surface area contributed by atoms with Crippen molar-refractivity contribution in [3.8, 4) is 11.5 Å². The average Bonchev–Trinajstić information content (AvgIpc) is 2.48. The molecule has 1 N–H and O–H groups in total. The highest BCUT2D eigenvalue weighted by atomic mass is 35.5. The molecule has 0 saturated carbocycles. The molecule has 0 fully saturated rings. The number of benzene rings is 2.